The quantitative estimate of drug-likeness (QED) is 0.859. The maximum absolute atomic E-state index is 5.77. The van der Waals surface area contributed by atoms with E-state index in [-0.39, 0.29) is 0 Å². The molecule has 0 radical (unpaired) electrons. The second kappa shape index (κ2) is 7.04. The van der Waals surface area contributed by atoms with Gasteiger partial charge in [-0.15, -0.1) is 0 Å². The van der Waals surface area contributed by atoms with Crippen LogP contribution in [0.1, 0.15) is 19.4 Å². The first kappa shape index (κ1) is 15.4. The van der Waals surface area contributed by atoms with E-state index < -0.39 is 0 Å². The van der Waals surface area contributed by atoms with Gasteiger partial charge in [0.2, 0.25) is 0 Å². The fraction of sp³-hybridized carbons (Fsp3) is 0.467. The van der Waals surface area contributed by atoms with Crippen molar-refractivity contribution in [3.05, 3.63) is 23.3 Å². The van der Waals surface area contributed by atoms with Crippen molar-refractivity contribution in [2.24, 2.45) is 11.7 Å². The summed E-state index contributed by atoms with van der Waals surface area (Å²) in [5.41, 5.74) is 7.87. The molecule has 106 valence electrons. The normalized spacial score (nSPS) is 11.6. The summed E-state index contributed by atoms with van der Waals surface area (Å²) in [6, 6.07) is 3.72. The molecule has 0 aliphatic carbocycles. The van der Waals surface area contributed by atoms with Crippen molar-refractivity contribution in [1.82, 2.24) is 0 Å². The van der Waals surface area contributed by atoms with Gasteiger partial charge in [-0.3, -0.25) is 0 Å². The summed E-state index contributed by atoms with van der Waals surface area (Å²) in [6.45, 7) is 4.76. The predicted octanol–water partition coefficient (Wildman–Crippen LogP) is 2.71. The van der Waals surface area contributed by atoms with Gasteiger partial charge >= 0.3 is 0 Å². The second-order valence-corrected chi connectivity index (χ2v) is 4.53. The summed E-state index contributed by atoms with van der Waals surface area (Å²) in [4.78, 5) is 0. The van der Waals surface area contributed by atoms with Crippen molar-refractivity contribution in [3.8, 4) is 17.2 Å². The first-order valence-electron chi connectivity index (χ1n) is 6.27. The molecule has 19 heavy (non-hydrogen) atoms. The molecule has 0 aromatic heterocycles. The average molecular weight is 265 g/mol. The molecule has 0 spiro atoms. The first-order chi connectivity index (χ1) is 9.07. The molecule has 2 N–H and O–H groups in total. The van der Waals surface area contributed by atoms with E-state index in [2.05, 4.69) is 13.8 Å². The van der Waals surface area contributed by atoms with Gasteiger partial charge in [-0.05, 0) is 12.0 Å². The molecule has 1 aromatic rings. The van der Waals surface area contributed by atoms with E-state index in [0.717, 1.165) is 16.9 Å². The van der Waals surface area contributed by atoms with Gasteiger partial charge in [0, 0.05) is 18.2 Å². The number of hydrogen-bond acceptors (Lipinski definition) is 4. The van der Waals surface area contributed by atoms with Crippen LogP contribution in [0, 0.1) is 5.92 Å². The van der Waals surface area contributed by atoms with E-state index in [1.807, 2.05) is 18.2 Å². The van der Waals surface area contributed by atoms with Crippen LogP contribution in [-0.2, 0) is 0 Å². The van der Waals surface area contributed by atoms with Crippen LogP contribution in [0.4, 0.5) is 0 Å². The van der Waals surface area contributed by atoms with Crippen LogP contribution >= 0.6 is 0 Å². The highest BCUT2D eigenvalue weighted by Crippen LogP contribution is 2.36. The van der Waals surface area contributed by atoms with Gasteiger partial charge in [0.25, 0.3) is 0 Å². The van der Waals surface area contributed by atoms with E-state index in [4.69, 9.17) is 19.9 Å². The Morgan fingerprint density at radius 1 is 1.05 bits per heavy atom. The lowest BCUT2D eigenvalue weighted by Crippen LogP contribution is -2.08. The van der Waals surface area contributed by atoms with Crippen molar-refractivity contribution in [2.75, 3.05) is 27.9 Å². The first-order valence-corrected chi connectivity index (χ1v) is 6.27. The Morgan fingerprint density at radius 3 is 2.00 bits per heavy atom. The number of rotatable bonds is 6. The SMILES string of the molecule is COc1cc(OC)c(OC)cc1C=C(CN)C(C)C. The summed E-state index contributed by atoms with van der Waals surface area (Å²) in [7, 11) is 4.85. The largest absolute Gasteiger partial charge is 0.496 e. The van der Waals surface area contributed by atoms with Crippen LogP contribution < -0.4 is 19.9 Å². The molecule has 1 rings (SSSR count). The molecule has 0 amide bonds. The van der Waals surface area contributed by atoms with Crippen molar-refractivity contribution < 1.29 is 14.2 Å². The molecule has 0 fully saturated rings. The minimum Gasteiger partial charge on any atom is -0.496 e. The third-order valence-corrected chi connectivity index (χ3v) is 3.05. The Labute approximate surface area is 115 Å². The fourth-order valence-corrected chi connectivity index (χ4v) is 1.83. The van der Waals surface area contributed by atoms with Crippen LogP contribution in [0.25, 0.3) is 6.08 Å². The zero-order valence-electron chi connectivity index (χ0n) is 12.3. The van der Waals surface area contributed by atoms with Crippen LogP contribution in [0.15, 0.2) is 17.7 Å². The van der Waals surface area contributed by atoms with Crippen LogP contribution in [0.2, 0.25) is 0 Å². The lowest BCUT2D eigenvalue weighted by molar-refractivity contribution is 0.348. The number of benzene rings is 1. The summed E-state index contributed by atoms with van der Waals surface area (Å²) in [5, 5.41) is 0. The number of nitrogens with two attached hydrogens (primary N) is 1. The van der Waals surface area contributed by atoms with Gasteiger partial charge in [0.05, 0.1) is 21.3 Å². The lowest BCUT2D eigenvalue weighted by Gasteiger charge is -2.14. The Morgan fingerprint density at radius 2 is 1.58 bits per heavy atom. The number of hydrogen-bond donors (Lipinski definition) is 1. The van der Waals surface area contributed by atoms with E-state index in [0.29, 0.717) is 24.0 Å². The molecule has 0 saturated carbocycles. The standard InChI is InChI=1S/C15H23NO3/c1-10(2)12(9-16)6-11-7-14(18-4)15(19-5)8-13(11)17-3/h6-8,10H,9,16H2,1-5H3. The number of ether oxygens (including phenoxy) is 3. The Kier molecular flexibility index (Phi) is 5.70. The Hall–Kier alpha value is -1.68. The molecule has 0 saturated heterocycles. The highest BCUT2D eigenvalue weighted by atomic mass is 16.5. The molecular formula is C15H23NO3. The van der Waals surface area contributed by atoms with Crippen LogP contribution in [0.5, 0.6) is 17.2 Å². The van der Waals surface area contributed by atoms with Gasteiger partial charge < -0.3 is 19.9 Å². The highest BCUT2D eigenvalue weighted by Gasteiger charge is 2.11. The summed E-state index contributed by atoms with van der Waals surface area (Å²) < 4.78 is 16.0. The van der Waals surface area contributed by atoms with Gasteiger partial charge in [-0.2, -0.15) is 0 Å². The van der Waals surface area contributed by atoms with E-state index >= 15 is 0 Å². The van der Waals surface area contributed by atoms with E-state index in [1.54, 1.807) is 21.3 Å². The zero-order valence-corrected chi connectivity index (χ0v) is 12.3. The Balaban J connectivity index is 3.33. The molecule has 0 aliphatic heterocycles. The lowest BCUT2D eigenvalue weighted by atomic mass is 10.00. The third kappa shape index (κ3) is 3.64. The predicted molar refractivity (Wildman–Crippen MR) is 78.0 cm³/mol. The van der Waals surface area contributed by atoms with Crippen LogP contribution in [0.3, 0.4) is 0 Å². The fourth-order valence-electron chi connectivity index (χ4n) is 1.83. The van der Waals surface area contributed by atoms with Crippen molar-refractivity contribution in [1.29, 1.82) is 0 Å². The van der Waals surface area contributed by atoms with Crippen LogP contribution in [-0.4, -0.2) is 27.9 Å². The van der Waals surface area contributed by atoms with Gasteiger partial charge in [0.15, 0.2) is 11.5 Å². The molecule has 1 aromatic carbocycles. The third-order valence-electron chi connectivity index (χ3n) is 3.05. The van der Waals surface area contributed by atoms with Gasteiger partial charge in [0.1, 0.15) is 5.75 Å². The summed E-state index contributed by atoms with van der Waals surface area (Å²) in [5.74, 6) is 2.46. The minimum absolute atomic E-state index is 0.391. The molecule has 0 heterocycles. The molecule has 0 bridgehead atoms. The minimum atomic E-state index is 0.391. The highest BCUT2D eigenvalue weighted by molar-refractivity contribution is 5.65. The topological polar surface area (TPSA) is 53.7 Å². The zero-order chi connectivity index (χ0) is 14.4. The molecule has 4 heteroatoms. The summed E-state index contributed by atoms with van der Waals surface area (Å²) >= 11 is 0. The van der Waals surface area contributed by atoms with Gasteiger partial charge in [-0.1, -0.05) is 25.5 Å². The second-order valence-electron chi connectivity index (χ2n) is 4.53. The average Bonchev–Trinajstić information content (AvgIpc) is 2.43. The monoisotopic (exact) mass is 265 g/mol. The van der Waals surface area contributed by atoms with Crippen molar-refractivity contribution in [3.63, 3.8) is 0 Å². The summed E-state index contributed by atoms with van der Waals surface area (Å²) in [6.07, 6.45) is 2.05. The van der Waals surface area contributed by atoms with Gasteiger partial charge in [-0.25, -0.2) is 0 Å². The molecule has 0 unspecified atom stereocenters. The Bertz CT molecular complexity index is 453. The maximum Gasteiger partial charge on any atom is 0.164 e. The van der Waals surface area contributed by atoms with Crippen molar-refractivity contribution >= 4 is 6.08 Å². The maximum atomic E-state index is 5.77. The van der Waals surface area contributed by atoms with E-state index in [9.17, 15) is 0 Å². The smallest absolute Gasteiger partial charge is 0.164 e. The molecule has 0 aliphatic rings. The molecule has 0 atom stereocenters. The molecule has 4 nitrogen and oxygen atoms in total. The number of methoxy groups -OCH3 is 3. The molecular weight excluding hydrogens is 242 g/mol. The van der Waals surface area contributed by atoms with Crippen molar-refractivity contribution in [2.45, 2.75) is 13.8 Å². The van der Waals surface area contributed by atoms with E-state index in [1.165, 1.54) is 0 Å².